The van der Waals surface area contributed by atoms with Crippen LogP contribution in [0, 0.1) is 5.82 Å². The van der Waals surface area contributed by atoms with E-state index < -0.39 is 0 Å². The number of carbonyl (C=O) groups excluding carboxylic acids is 1. The van der Waals surface area contributed by atoms with E-state index in [1.807, 2.05) is 47.0 Å². The fourth-order valence-corrected chi connectivity index (χ4v) is 3.27. The van der Waals surface area contributed by atoms with Crippen LogP contribution in [0.15, 0.2) is 77.4 Å². The van der Waals surface area contributed by atoms with E-state index in [0.29, 0.717) is 24.4 Å². The number of fused-ring (bicyclic) bond motifs is 1. The Morgan fingerprint density at radius 1 is 1.04 bits per heavy atom. The number of halogens is 1. The number of amides is 1. The van der Waals surface area contributed by atoms with Crippen LogP contribution in [0.3, 0.4) is 0 Å². The third-order valence-electron chi connectivity index (χ3n) is 4.58. The number of hydrogen-bond donors (Lipinski definition) is 0. The van der Waals surface area contributed by atoms with E-state index in [4.69, 9.17) is 4.42 Å². The largest absolute Gasteiger partial charge is 0.463 e. The second-order valence-electron chi connectivity index (χ2n) is 6.56. The Kier molecular flexibility index (Phi) is 4.50. The molecule has 0 aliphatic carbocycles. The Bertz CT molecular complexity index is 1080. The van der Waals surface area contributed by atoms with Gasteiger partial charge in [0.15, 0.2) is 5.58 Å². The maximum absolute atomic E-state index is 13.6. The van der Waals surface area contributed by atoms with E-state index in [2.05, 4.69) is 0 Å². The molecule has 4 rings (SSSR count). The van der Waals surface area contributed by atoms with Crippen LogP contribution in [-0.2, 0) is 13.1 Å². The van der Waals surface area contributed by atoms with Crippen LogP contribution in [-0.4, -0.2) is 22.4 Å². The van der Waals surface area contributed by atoms with Gasteiger partial charge in [0.25, 0.3) is 5.91 Å². The molecule has 4 nitrogen and oxygen atoms in total. The summed E-state index contributed by atoms with van der Waals surface area (Å²) in [6, 6.07) is 19.8. The topological polar surface area (TPSA) is 38.4 Å². The fraction of sp³-hybridized carbons (Fsp3) is 0.136. The first kappa shape index (κ1) is 17.1. The lowest BCUT2D eigenvalue weighted by molar-refractivity contribution is 0.0775. The minimum atomic E-state index is -0.294. The Labute approximate surface area is 156 Å². The van der Waals surface area contributed by atoms with Crippen molar-refractivity contribution >= 4 is 17.0 Å². The first-order chi connectivity index (χ1) is 13.1. The molecule has 0 unspecified atom stereocenters. The maximum atomic E-state index is 13.6. The lowest BCUT2D eigenvalue weighted by atomic mass is 10.2. The minimum absolute atomic E-state index is 0.110. The Hall–Kier alpha value is -3.34. The van der Waals surface area contributed by atoms with E-state index >= 15 is 0 Å². The number of aromatic nitrogens is 1. The van der Waals surface area contributed by atoms with Crippen molar-refractivity contribution in [2.75, 3.05) is 7.05 Å². The Balaban J connectivity index is 1.66. The highest BCUT2D eigenvalue weighted by molar-refractivity contribution is 5.97. The van der Waals surface area contributed by atoms with Crippen molar-refractivity contribution in [3.63, 3.8) is 0 Å². The van der Waals surface area contributed by atoms with Gasteiger partial charge in [-0.3, -0.25) is 4.79 Å². The smallest absolute Gasteiger partial charge is 0.270 e. The Morgan fingerprint density at radius 2 is 1.81 bits per heavy atom. The van der Waals surface area contributed by atoms with Gasteiger partial charge in [-0.2, -0.15) is 0 Å². The number of benzene rings is 2. The highest BCUT2D eigenvalue weighted by Crippen LogP contribution is 2.24. The summed E-state index contributed by atoms with van der Waals surface area (Å²) in [5.74, 6) is -0.404. The van der Waals surface area contributed by atoms with Gasteiger partial charge in [0.2, 0.25) is 0 Å². The van der Waals surface area contributed by atoms with Crippen molar-refractivity contribution in [2.45, 2.75) is 13.1 Å². The zero-order valence-electron chi connectivity index (χ0n) is 14.9. The van der Waals surface area contributed by atoms with Gasteiger partial charge in [-0.1, -0.05) is 42.5 Å². The average molecular weight is 362 g/mol. The summed E-state index contributed by atoms with van der Waals surface area (Å²) in [6.45, 7) is 0.896. The van der Waals surface area contributed by atoms with Gasteiger partial charge in [0, 0.05) is 32.3 Å². The number of furan rings is 1. The van der Waals surface area contributed by atoms with Gasteiger partial charge in [0.1, 0.15) is 11.5 Å². The van der Waals surface area contributed by atoms with Gasteiger partial charge in [-0.15, -0.1) is 0 Å². The van der Waals surface area contributed by atoms with E-state index in [0.717, 1.165) is 16.6 Å². The fourth-order valence-electron chi connectivity index (χ4n) is 3.27. The molecule has 0 aliphatic heterocycles. The van der Waals surface area contributed by atoms with Gasteiger partial charge >= 0.3 is 0 Å². The van der Waals surface area contributed by atoms with Gasteiger partial charge in [-0.05, 0) is 23.3 Å². The molecule has 0 N–H and O–H groups in total. The molecule has 0 bridgehead atoms. The first-order valence-corrected chi connectivity index (χ1v) is 8.72. The van der Waals surface area contributed by atoms with Crippen LogP contribution in [0.2, 0.25) is 0 Å². The molecular formula is C22H19FN2O2. The molecule has 4 aromatic rings. The van der Waals surface area contributed by atoms with Crippen LogP contribution in [0.1, 0.15) is 21.6 Å². The van der Waals surface area contributed by atoms with E-state index in [1.54, 1.807) is 30.3 Å². The summed E-state index contributed by atoms with van der Waals surface area (Å²) in [5.41, 5.74) is 3.82. The summed E-state index contributed by atoms with van der Waals surface area (Å²) in [5, 5.41) is 0. The highest BCUT2D eigenvalue weighted by atomic mass is 19.1. The Morgan fingerprint density at radius 3 is 2.59 bits per heavy atom. The van der Waals surface area contributed by atoms with Gasteiger partial charge in [-0.25, -0.2) is 4.39 Å². The van der Waals surface area contributed by atoms with Gasteiger partial charge in [0.05, 0.1) is 11.8 Å². The standard InChI is InChI=1S/C22H19FN2O2/c1-24(14-16-6-3-2-4-7-16)22(26)20-13-21-19(10-11-27-21)25(20)15-17-8-5-9-18(23)12-17/h2-13H,14-15H2,1H3. The van der Waals surface area contributed by atoms with E-state index in [9.17, 15) is 9.18 Å². The molecule has 27 heavy (non-hydrogen) atoms. The van der Waals surface area contributed by atoms with Gasteiger partial charge < -0.3 is 13.9 Å². The molecule has 0 radical (unpaired) electrons. The average Bonchev–Trinajstić information content (AvgIpc) is 3.25. The molecule has 0 aliphatic rings. The normalized spacial score (nSPS) is 11.0. The molecular weight excluding hydrogens is 343 g/mol. The quantitative estimate of drug-likeness (QED) is 0.516. The van der Waals surface area contributed by atoms with Crippen molar-refractivity contribution in [1.82, 2.24) is 9.47 Å². The molecule has 0 fully saturated rings. The van der Waals surface area contributed by atoms with Crippen molar-refractivity contribution in [2.24, 2.45) is 0 Å². The van der Waals surface area contributed by atoms with Crippen LogP contribution in [0.5, 0.6) is 0 Å². The minimum Gasteiger partial charge on any atom is -0.463 e. The number of nitrogens with zero attached hydrogens (tertiary/aromatic N) is 2. The van der Waals surface area contributed by atoms with Crippen molar-refractivity contribution < 1.29 is 13.6 Å². The number of rotatable bonds is 5. The molecule has 2 aromatic heterocycles. The third kappa shape index (κ3) is 3.49. The molecule has 1 amide bonds. The number of hydrogen-bond acceptors (Lipinski definition) is 2. The van der Waals surface area contributed by atoms with E-state index in [1.165, 1.54) is 12.1 Å². The molecule has 2 aromatic carbocycles. The predicted molar refractivity (Wildman–Crippen MR) is 102 cm³/mol. The summed E-state index contributed by atoms with van der Waals surface area (Å²) in [6.07, 6.45) is 1.59. The lowest BCUT2D eigenvalue weighted by Crippen LogP contribution is -2.28. The van der Waals surface area contributed by atoms with Crippen LogP contribution < -0.4 is 0 Å². The van der Waals surface area contributed by atoms with Crippen LogP contribution in [0.4, 0.5) is 4.39 Å². The molecule has 5 heteroatoms. The molecule has 136 valence electrons. The SMILES string of the molecule is CN(Cc1ccccc1)C(=O)c1cc2occc2n1Cc1cccc(F)c1. The van der Waals surface area contributed by atoms with Crippen molar-refractivity contribution in [3.05, 3.63) is 95.6 Å². The maximum Gasteiger partial charge on any atom is 0.270 e. The van der Waals surface area contributed by atoms with Crippen LogP contribution >= 0.6 is 0 Å². The van der Waals surface area contributed by atoms with Crippen molar-refractivity contribution in [3.8, 4) is 0 Å². The molecule has 0 spiro atoms. The number of carbonyl (C=O) groups is 1. The zero-order chi connectivity index (χ0) is 18.8. The summed E-state index contributed by atoms with van der Waals surface area (Å²) < 4.78 is 20.9. The highest BCUT2D eigenvalue weighted by Gasteiger charge is 2.21. The summed E-state index contributed by atoms with van der Waals surface area (Å²) >= 11 is 0. The molecule has 0 saturated carbocycles. The predicted octanol–water partition coefficient (Wildman–Crippen LogP) is 4.69. The summed E-state index contributed by atoms with van der Waals surface area (Å²) in [7, 11) is 1.77. The monoisotopic (exact) mass is 362 g/mol. The first-order valence-electron chi connectivity index (χ1n) is 8.72. The zero-order valence-corrected chi connectivity index (χ0v) is 14.9. The molecule has 0 saturated heterocycles. The van der Waals surface area contributed by atoms with E-state index in [-0.39, 0.29) is 11.7 Å². The van der Waals surface area contributed by atoms with Crippen molar-refractivity contribution in [1.29, 1.82) is 0 Å². The van der Waals surface area contributed by atoms with Crippen LogP contribution in [0.25, 0.3) is 11.1 Å². The molecule has 0 atom stereocenters. The summed E-state index contributed by atoms with van der Waals surface area (Å²) in [4.78, 5) is 14.8. The third-order valence-corrected chi connectivity index (χ3v) is 4.58. The second-order valence-corrected chi connectivity index (χ2v) is 6.56. The molecule has 2 heterocycles. The lowest BCUT2D eigenvalue weighted by Gasteiger charge is -2.19. The second kappa shape index (κ2) is 7.11.